The molecule has 0 N–H and O–H groups in total. The number of rotatable bonds is 5. The van der Waals surface area contributed by atoms with Crippen molar-refractivity contribution >= 4 is 6.21 Å². The molecule has 1 aromatic carbocycles. The van der Waals surface area contributed by atoms with Crippen LogP contribution in [0.4, 0.5) is 0 Å². The van der Waals surface area contributed by atoms with E-state index < -0.39 is 0 Å². The van der Waals surface area contributed by atoms with E-state index in [-0.39, 0.29) is 6.04 Å². The summed E-state index contributed by atoms with van der Waals surface area (Å²) < 4.78 is 10.1. The van der Waals surface area contributed by atoms with E-state index in [1.807, 2.05) is 37.4 Å². The lowest BCUT2D eigenvalue weighted by Gasteiger charge is -2.03. The molecular weight excluding hydrogens is 190 g/mol. The average Bonchev–Trinajstić information content (AvgIpc) is 2.27. The summed E-state index contributed by atoms with van der Waals surface area (Å²) in [7, 11) is 3.34. The van der Waals surface area contributed by atoms with Crippen LogP contribution >= 0.6 is 0 Å². The summed E-state index contributed by atoms with van der Waals surface area (Å²) in [6.45, 7) is 2.66. The molecule has 0 aliphatic carbocycles. The first-order valence-electron chi connectivity index (χ1n) is 4.92. The second-order valence-electron chi connectivity index (χ2n) is 3.36. The Balaban J connectivity index is 2.56. The maximum Gasteiger partial charge on any atom is 0.118 e. The van der Waals surface area contributed by atoms with Crippen molar-refractivity contribution < 1.29 is 9.47 Å². The van der Waals surface area contributed by atoms with Gasteiger partial charge in [0.1, 0.15) is 5.75 Å². The van der Waals surface area contributed by atoms with Crippen LogP contribution in [0.5, 0.6) is 5.75 Å². The zero-order valence-electron chi connectivity index (χ0n) is 9.43. The number of nitrogens with zero attached hydrogens (tertiary/aromatic N) is 1. The largest absolute Gasteiger partial charge is 0.497 e. The van der Waals surface area contributed by atoms with Gasteiger partial charge in [-0.1, -0.05) is 0 Å². The number of hydrogen-bond acceptors (Lipinski definition) is 3. The molecule has 15 heavy (non-hydrogen) atoms. The summed E-state index contributed by atoms with van der Waals surface area (Å²) in [6.07, 6.45) is 1.85. The standard InChI is InChI=1S/C12H17NO2/c1-10(9-14-2)13-8-11-4-6-12(15-3)7-5-11/h4-8,10H,9H2,1-3H3. The molecule has 0 fully saturated rings. The molecule has 3 nitrogen and oxygen atoms in total. The minimum atomic E-state index is 0.192. The Labute approximate surface area is 90.7 Å². The molecular formula is C12H17NO2. The lowest BCUT2D eigenvalue weighted by molar-refractivity contribution is 0.186. The van der Waals surface area contributed by atoms with Gasteiger partial charge in [-0.2, -0.15) is 0 Å². The van der Waals surface area contributed by atoms with Crippen molar-refractivity contribution in [2.45, 2.75) is 13.0 Å². The van der Waals surface area contributed by atoms with Crippen LogP contribution in [0.1, 0.15) is 12.5 Å². The lowest BCUT2D eigenvalue weighted by Crippen LogP contribution is -2.06. The molecule has 82 valence electrons. The summed E-state index contributed by atoms with van der Waals surface area (Å²) >= 11 is 0. The summed E-state index contributed by atoms with van der Waals surface area (Å²) in [5, 5.41) is 0. The monoisotopic (exact) mass is 207 g/mol. The van der Waals surface area contributed by atoms with E-state index in [2.05, 4.69) is 4.99 Å². The lowest BCUT2D eigenvalue weighted by atomic mass is 10.2. The molecule has 0 amide bonds. The number of ether oxygens (including phenoxy) is 2. The van der Waals surface area contributed by atoms with Crippen molar-refractivity contribution in [3.05, 3.63) is 29.8 Å². The van der Waals surface area contributed by atoms with Gasteiger partial charge in [-0.25, -0.2) is 0 Å². The van der Waals surface area contributed by atoms with E-state index in [0.29, 0.717) is 6.61 Å². The third-order valence-electron chi connectivity index (χ3n) is 2.00. The fraction of sp³-hybridized carbons (Fsp3) is 0.417. The van der Waals surface area contributed by atoms with Crippen LogP contribution in [0.15, 0.2) is 29.3 Å². The molecule has 0 saturated heterocycles. The average molecular weight is 207 g/mol. The van der Waals surface area contributed by atoms with E-state index in [1.54, 1.807) is 14.2 Å². The van der Waals surface area contributed by atoms with E-state index >= 15 is 0 Å². The van der Waals surface area contributed by atoms with Gasteiger partial charge in [-0.15, -0.1) is 0 Å². The molecule has 0 aliphatic rings. The first-order chi connectivity index (χ1) is 7.26. The highest BCUT2D eigenvalue weighted by atomic mass is 16.5. The first kappa shape index (κ1) is 11.7. The van der Waals surface area contributed by atoms with Crippen molar-refractivity contribution in [2.75, 3.05) is 20.8 Å². The molecule has 0 heterocycles. The molecule has 1 atom stereocenters. The Bertz CT molecular complexity index is 306. The van der Waals surface area contributed by atoms with Gasteiger partial charge >= 0.3 is 0 Å². The van der Waals surface area contributed by atoms with Gasteiger partial charge in [0.25, 0.3) is 0 Å². The molecule has 0 bridgehead atoms. The van der Waals surface area contributed by atoms with Crippen molar-refractivity contribution in [1.29, 1.82) is 0 Å². The minimum absolute atomic E-state index is 0.192. The summed E-state index contributed by atoms with van der Waals surface area (Å²) in [4.78, 5) is 4.35. The smallest absolute Gasteiger partial charge is 0.118 e. The highest BCUT2D eigenvalue weighted by Gasteiger charge is 1.95. The molecule has 0 aliphatic heterocycles. The SMILES string of the molecule is COCC(C)N=Cc1ccc(OC)cc1. The Morgan fingerprint density at radius 1 is 1.27 bits per heavy atom. The Morgan fingerprint density at radius 2 is 1.93 bits per heavy atom. The number of benzene rings is 1. The summed E-state index contributed by atoms with van der Waals surface area (Å²) in [6, 6.07) is 7.98. The van der Waals surface area contributed by atoms with E-state index in [9.17, 15) is 0 Å². The zero-order chi connectivity index (χ0) is 11.1. The summed E-state index contributed by atoms with van der Waals surface area (Å²) in [5.74, 6) is 0.858. The van der Waals surface area contributed by atoms with Gasteiger partial charge in [-0.3, -0.25) is 4.99 Å². The Morgan fingerprint density at radius 3 is 2.47 bits per heavy atom. The minimum Gasteiger partial charge on any atom is -0.497 e. The fourth-order valence-corrected chi connectivity index (χ4v) is 1.19. The first-order valence-corrected chi connectivity index (χ1v) is 4.92. The molecule has 0 radical (unpaired) electrons. The second kappa shape index (κ2) is 6.19. The van der Waals surface area contributed by atoms with Gasteiger partial charge in [0.15, 0.2) is 0 Å². The van der Waals surface area contributed by atoms with Gasteiger partial charge < -0.3 is 9.47 Å². The van der Waals surface area contributed by atoms with Crippen LogP contribution in [-0.4, -0.2) is 33.1 Å². The topological polar surface area (TPSA) is 30.8 Å². The maximum absolute atomic E-state index is 5.07. The highest BCUT2D eigenvalue weighted by Crippen LogP contribution is 2.09. The van der Waals surface area contributed by atoms with Gasteiger partial charge in [0.05, 0.1) is 19.8 Å². The third-order valence-corrected chi connectivity index (χ3v) is 2.00. The van der Waals surface area contributed by atoms with Crippen molar-refractivity contribution in [3.63, 3.8) is 0 Å². The van der Waals surface area contributed by atoms with Crippen LogP contribution in [0.25, 0.3) is 0 Å². The van der Waals surface area contributed by atoms with E-state index in [4.69, 9.17) is 9.47 Å². The van der Waals surface area contributed by atoms with Crippen molar-refractivity contribution in [2.24, 2.45) is 4.99 Å². The van der Waals surface area contributed by atoms with Crippen LogP contribution in [0, 0.1) is 0 Å². The predicted octanol–water partition coefficient (Wildman–Crippen LogP) is 2.15. The molecule has 0 saturated carbocycles. The fourth-order valence-electron chi connectivity index (χ4n) is 1.19. The van der Waals surface area contributed by atoms with Crippen LogP contribution in [0.2, 0.25) is 0 Å². The normalized spacial score (nSPS) is 13.0. The molecule has 3 heteroatoms. The van der Waals surface area contributed by atoms with Crippen LogP contribution < -0.4 is 4.74 Å². The summed E-state index contributed by atoms with van der Waals surface area (Å²) in [5.41, 5.74) is 1.07. The molecule has 0 aromatic heterocycles. The predicted molar refractivity (Wildman–Crippen MR) is 61.9 cm³/mol. The Kier molecular flexibility index (Phi) is 4.84. The Hall–Kier alpha value is -1.35. The highest BCUT2D eigenvalue weighted by molar-refractivity contribution is 5.79. The number of aliphatic imine (C=N–C) groups is 1. The second-order valence-corrected chi connectivity index (χ2v) is 3.36. The quantitative estimate of drug-likeness (QED) is 0.693. The van der Waals surface area contributed by atoms with Crippen LogP contribution in [0.3, 0.4) is 0 Å². The van der Waals surface area contributed by atoms with Gasteiger partial charge in [0.2, 0.25) is 0 Å². The number of hydrogen-bond donors (Lipinski definition) is 0. The van der Waals surface area contributed by atoms with Crippen molar-refractivity contribution in [1.82, 2.24) is 0 Å². The molecule has 1 rings (SSSR count). The van der Waals surface area contributed by atoms with Crippen LogP contribution in [-0.2, 0) is 4.74 Å². The molecule has 1 aromatic rings. The van der Waals surface area contributed by atoms with Gasteiger partial charge in [-0.05, 0) is 36.8 Å². The van der Waals surface area contributed by atoms with E-state index in [0.717, 1.165) is 11.3 Å². The molecule has 0 spiro atoms. The molecule has 1 unspecified atom stereocenters. The zero-order valence-corrected chi connectivity index (χ0v) is 9.43. The van der Waals surface area contributed by atoms with Gasteiger partial charge in [0, 0.05) is 13.3 Å². The van der Waals surface area contributed by atoms with Crippen molar-refractivity contribution in [3.8, 4) is 5.75 Å². The number of methoxy groups -OCH3 is 2. The van der Waals surface area contributed by atoms with E-state index in [1.165, 1.54) is 0 Å². The third kappa shape index (κ3) is 4.13. The maximum atomic E-state index is 5.07.